The Labute approximate surface area is 95.3 Å². The summed E-state index contributed by atoms with van der Waals surface area (Å²) in [4.78, 5) is 15.3. The van der Waals surface area contributed by atoms with Crippen LogP contribution in [0.2, 0.25) is 0 Å². The topological polar surface area (TPSA) is 59.4 Å². The summed E-state index contributed by atoms with van der Waals surface area (Å²) in [6, 6.07) is 3.76. The van der Waals surface area contributed by atoms with E-state index in [4.69, 9.17) is 9.84 Å². The van der Waals surface area contributed by atoms with Crippen molar-refractivity contribution in [2.75, 3.05) is 7.11 Å². The van der Waals surface area contributed by atoms with Gasteiger partial charge in [-0.2, -0.15) is 0 Å². The van der Waals surface area contributed by atoms with Gasteiger partial charge in [0.25, 0.3) is 0 Å². The van der Waals surface area contributed by atoms with Crippen molar-refractivity contribution in [3.63, 3.8) is 0 Å². The first-order valence-electron chi connectivity index (χ1n) is 5.08. The van der Waals surface area contributed by atoms with E-state index in [0.29, 0.717) is 0 Å². The fourth-order valence-corrected chi connectivity index (χ4v) is 1.73. The fraction of sp³-hybridized carbons (Fsp3) is 0.500. The summed E-state index contributed by atoms with van der Waals surface area (Å²) < 4.78 is 5.03. The van der Waals surface area contributed by atoms with Crippen LogP contribution in [0.15, 0.2) is 18.3 Å². The number of pyridine rings is 1. The highest BCUT2D eigenvalue weighted by molar-refractivity contribution is 5.74. The molecule has 0 radical (unpaired) electrons. The Balaban J connectivity index is 3.13. The van der Waals surface area contributed by atoms with Crippen molar-refractivity contribution in [1.29, 1.82) is 0 Å². The number of nitrogens with zero attached hydrogens (tertiary/aromatic N) is 1. The van der Waals surface area contributed by atoms with E-state index in [1.807, 2.05) is 32.9 Å². The van der Waals surface area contributed by atoms with Gasteiger partial charge in [0.2, 0.25) is 0 Å². The minimum atomic E-state index is -0.976. The van der Waals surface area contributed by atoms with Crippen LogP contribution in [0.5, 0.6) is 0 Å². The van der Waals surface area contributed by atoms with E-state index in [-0.39, 0.29) is 0 Å². The van der Waals surface area contributed by atoms with Gasteiger partial charge in [0.05, 0.1) is 0 Å². The largest absolute Gasteiger partial charge is 0.479 e. The minimum Gasteiger partial charge on any atom is -0.479 e. The second-order valence-corrected chi connectivity index (χ2v) is 4.39. The number of carboxylic acid groups (broad SMARTS) is 1. The van der Waals surface area contributed by atoms with Gasteiger partial charge in [-0.25, -0.2) is 4.79 Å². The van der Waals surface area contributed by atoms with Crippen LogP contribution in [0.1, 0.15) is 25.1 Å². The van der Waals surface area contributed by atoms with Crippen molar-refractivity contribution >= 4 is 5.97 Å². The predicted octanol–water partition coefficient (Wildman–Crippen LogP) is 1.77. The standard InChI is InChI=1S/C12H17NO3/c1-8-5-6-13-9(7-8)12(2,3)10(16-4)11(14)15/h5-7,10H,1-4H3,(H,14,15). The van der Waals surface area contributed by atoms with Crippen molar-refractivity contribution in [2.45, 2.75) is 32.3 Å². The van der Waals surface area contributed by atoms with Gasteiger partial charge in [-0.1, -0.05) is 13.8 Å². The third-order valence-corrected chi connectivity index (χ3v) is 2.69. The molecule has 1 aromatic rings. The van der Waals surface area contributed by atoms with E-state index >= 15 is 0 Å². The van der Waals surface area contributed by atoms with E-state index in [0.717, 1.165) is 11.3 Å². The molecule has 88 valence electrons. The van der Waals surface area contributed by atoms with Crippen molar-refractivity contribution in [3.05, 3.63) is 29.6 Å². The Morgan fingerprint density at radius 1 is 1.56 bits per heavy atom. The zero-order valence-corrected chi connectivity index (χ0v) is 10.0. The molecular formula is C12H17NO3. The minimum absolute atomic E-state index is 0.660. The Hall–Kier alpha value is -1.42. The smallest absolute Gasteiger partial charge is 0.333 e. The summed E-state index contributed by atoms with van der Waals surface area (Å²) in [6.07, 6.45) is 0.780. The quantitative estimate of drug-likeness (QED) is 0.845. The lowest BCUT2D eigenvalue weighted by Gasteiger charge is -2.29. The maximum atomic E-state index is 11.1. The number of carbonyl (C=O) groups is 1. The predicted molar refractivity (Wildman–Crippen MR) is 60.4 cm³/mol. The number of ether oxygens (including phenoxy) is 1. The molecule has 0 bridgehead atoms. The molecule has 0 aromatic carbocycles. The Morgan fingerprint density at radius 3 is 2.62 bits per heavy atom. The molecule has 0 aliphatic carbocycles. The van der Waals surface area contributed by atoms with Gasteiger partial charge in [-0.3, -0.25) is 4.98 Å². The number of hydrogen-bond donors (Lipinski definition) is 1. The maximum Gasteiger partial charge on any atom is 0.333 e. The average Bonchev–Trinajstić information content (AvgIpc) is 2.17. The Kier molecular flexibility index (Phi) is 3.65. The molecule has 1 aromatic heterocycles. The Morgan fingerprint density at radius 2 is 2.19 bits per heavy atom. The van der Waals surface area contributed by atoms with Gasteiger partial charge < -0.3 is 9.84 Å². The molecule has 16 heavy (non-hydrogen) atoms. The molecule has 4 nitrogen and oxygen atoms in total. The van der Waals surface area contributed by atoms with E-state index in [1.54, 1.807) is 6.20 Å². The average molecular weight is 223 g/mol. The van der Waals surface area contributed by atoms with Crippen molar-refractivity contribution < 1.29 is 14.6 Å². The third-order valence-electron chi connectivity index (χ3n) is 2.69. The lowest BCUT2D eigenvalue weighted by molar-refractivity contribution is -0.152. The number of aliphatic carboxylic acids is 1. The highest BCUT2D eigenvalue weighted by atomic mass is 16.5. The summed E-state index contributed by atoms with van der Waals surface area (Å²) in [5.74, 6) is -0.976. The Bertz CT molecular complexity index is 388. The highest BCUT2D eigenvalue weighted by Gasteiger charge is 2.38. The molecule has 1 atom stereocenters. The first-order valence-corrected chi connectivity index (χ1v) is 5.08. The van der Waals surface area contributed by atoms with Crippen molar-refractivity contribution in [2.24, 2.45) is 0 Å². The lowest BCUT2D eigenvalue weighted by Crippen LogP contribution is -2.42. The summed E-state index contributed by atoms with van der Waals surface area (Å²) in [5, 5.41) is 9.09. The van der Waals surface area contributed by atoms with Crippen LogP contribution in [-0.2, 0) is 14.9 Å². The molecule has 1 N–H and O–H groups in total. The molecule has 0 spiro atoms. The summed E-state index contributed by atoms with van der Waals surface area (Å²) >= 11 is 0. The third kappa shape index (κ3) is 2.39. The van der Waals surface area contributed by atoms with Gasteiger partial charge >= 0.3 is 5.97 Å². The molecule has 0 fully saturated rings. The van der Waals surface area contributed by atoms with Gasteiger partial charge in [0.15, 0.2) is 6.10 Å². The normalized spacial score (nSPS) is 13.5. The van der Waals surface area contributed by atoms with E-state index in [1.165, 1.54) is 7.11 Å². The van der Waals surface area contributed by atoms with Gasteiger partial charge in [0, 0.05) is 24.4 Å². The fourth-order valence-electron chi connectivity index (χ4n) is 1.73. The van der Waals surface area contributed by atoms with Gasteiger partial charge in [0.1, 0.15) is 0 Å². The molecule has 4 heteroatoms. The SMILES string of the molecule is COC(C(=O)O)C(C)(C)c1cc(C)ccn1. The zero-order valence-electron chi connectivity index (χ0n) is 10.0. The second kappa shape index (κ2) is 4.61. The zero-order chi connectivity index (χ0) is 12.3. The van der Waals surface area contributed by atoms with Crippen LogP contribution in [0.25, 0.3) is 0 Å². The van der Waals surface area contributed by atoms with Gasteiger partial charge in [-0.05, 0) is 24.6 Å². The number of rotatable bonds is 4. The number of aromatic nitrogens is 1. The molecule has 1 rings (SSSR count). The van der Waals surface area contributed by atoms with Crippen LogP contribution >= 0.6 is 0 Å². The molecule has 1 unspecified atom stereocenters. The molecule has 0 saturated heterocycles. The summed E-state index contributed by atoms with van der Waals surface area (Å²) in [5.41, 5.74) is 1.12. The van der Waals surface area contributed by atoms with E-state index < -0.39 is 17.5 Å². The molecule has 0 saturated carbocycles. The van der Waals surface area contributed by atoms with E-state index in [9.17, 15) is 4.79 Å². The number of carboxylic acids is 1. The van der Waals surface area contributed by atoms with Crippen LogP contribution in [0.3, 0.4) is 0 Å². The number of methoxy groups -OCH3 is 1. The highest BCUT2D eigenvalue weighted by Crippen LogP contribution is 2.27. The second-order valence-electron chi connectivity index (χ2n) is 4.39. The number of hydrogen-bond acceptors (Lipinski definition) is 3. The summed E-state index contributed by atoms with van der Waals surface area (Å²) in [6.45, 7) is 5.58. The lowest BCUT2D eigenvalue weighted by atomic mass is 9.82. The number of aryl methyl sites for hydroxylation is 1. The summed E-state index contributed by atoms with van der Waals surface area (Å²) in [7, 11) is 1.40. The van der Waals surface area contributed by atoms with Crippen LogP contribution < -0.4 is 0 Å². The van der Waals surface area contributed by atoms with Crippen molar-refractivity contribution in [1.82, 2.24) is 4.98 Å². The van der Waals surface area contributed by atoms with E-state index in [2.05, 4.69) is 4.98 Å². The molecular weight excluding hydrogens is 206 g/mol. The molecule has 0 aliphatic rings. The monoisotopic (exact) mass is 223 g/mol. The van der Waals surface area contributed by atoms with Crippen LogP contribution in [0.4, 0.5) is 0 Å². The molecule has 1 heterocycles. The van der Waals surface area contributed by atoms with Crippen molar-refractivity contribution in [3.8, 4) is 0 Å². The van der Waals surface area contributed by atoms with Crippen LogP contribution in [0, 0.1) is 6.92 Å². The first kappa shape index (κ1) is 12.6. The molecule has 0 amide bonds. The maximum absolute atomic E-state index is 11.1. The first-order chi connectivity index (χ1) is 7.39. The van der Waals surface area contributed by atoms with Gasteiger partial charge in [-0.15, -0.1) is 0 Å². The molecule has 0 aliphatic heterocycles. The van der Waals surface area contributed by atoms with Crippen LogP contribution in [-0.4, -0.2) is 29.3 Å².